The standard InChI is InChI=1S/C27H34O5/c1-19(10-6-12-21(3)25(28)29)8-5-9-20(2)11-7-16-27(4)17-15-22-18-23(26(30)31)13-14-24(22)32-27/h8,11-15,17-18H,5-7,9-10,16H2,1-4H3,(H,28,29)(H,30,31)/b19-8+,20-11+,21-12+/t27-/m1/s1. The molecule has 5 heteroatoms. The maximum atomic E-state index is 11.1. The van der Waals surface area contributed by atoms with Crippen LogP contribution in [0.2, 0.25) is 0 Å². The molecular formula is C27H34O5. The van der Waals surface area contributed by atoms with E-state index in [1.165, 1.54) is 11.1 Å². The van der Waals surface area contributed by atoms with E-state index in [-0.39, 0.29) is 5.56 Å². The Morgan fingerprint density at radius 2 is 1.59 bits per heavy atom. The van der Waals surface area contributed by atoms with Crippen molar-refractivity contribution in [2.75, 3.05) is 0 Å². The number of aromatic carboxylic acids is 1. The van der Waals surface area contributed by atoms with Gasteiger partial charge in [-0.1, -0.05) is 35.5 Å². The predicted molar refractivity (Wildman–Crippen MR) is 128 cm³/mol. The number of carbonyl (C=O) groups is 2. The van der Waals surface area contributed by atoms with E-state index in [1.54, 1.807) is 31.2 Å². The number of aliphatic carboxylic acids is 1. The summed E-state index contributed by atoms with van der Waals surface area (Å²) in [6.07, 6.45) is 15.6. The maximum absolute atomic E-state index is 11.1. The Morgan fingerprint density at radius 1 is 0.969 bits per heavy atom. The number of ether oxygens (including phenoxy) is 1. The Labute approximate surface area is 190 Å². The smallest absolute Gasteiger partial charge is 0.335 e. The van der Waals surface area contributed by atoms with Crippen LogP contribution in [0.5, 0.6) is 5.75 Å². The lowest BCUT2D eigenvalue weighted by Crippen LogP contribution is -2.31. The predicted octanol–water partition coefficient (Wildman–Crippen LogP) is 6.81. The van der Waals surface area contributed by atoms with Gasteiger partial charge >= 0.3 is 11.9 Å². The summed E-state index contributed by atoms with van der Waals surface area (Å²) < 4.78 is 6.16. The van der Waals surface area contributed by atoms with Gasteiger partial charge < -0.3 is 14.9 Å². The summed E-state index contributed by atoms with van der Waals surface area (Å²) in [7, 11) is 0. The van der Waals surface area contributed by atoms with Crippen molar-refractivity contribution in [1.29, 1.82) is 0 Å². The third-order valence-electron chi connectivity index (χ3n) is 5.71. The molecule has 0 fully saturated rings. The molecule has 0 bridgehead atoms. The summed E-state index contributed by atoms with van der Waals surface area (Å²) in [6, 6.07) is 4.94. The number of carboxylic acids is 2. The number of rotatable bonds is 11. The minimum Gasteiger partial charge on any atom is -0.483 e. The van der Waals surface area contributed by atoms with Gasteiger partial charge in [-0.2, -0.15) is 0 Å². The molecular weight excluding hydrogens is 404 g/mol. The number of hydrogen-bond acceptors (Lipinski definition) is 3. The fourth-order valence-corrected chi connectivity index (χ4v) is 3.55. The number of benzene rings is 1. The van der Waals surface area contributed by atoms with Crippen molar-refractivity contribution in [3.63, 3.8) is 0 Å². The quantitative estimate of drug-likeness (QED) is 0.293. The lowest BCUT2D eigenvalue weighted by atomic mass is 9.94. The highest BCUT2D eigenvalue weighted by Gasteiger charge is 2.27. The molecule has 32 heavy (non-hydrogen) atoms. The molecule has 0 saturated carbocycles. The Hall–Kier alpha value is -3.08. The number of allylic oxidation sites excluding steroid dienone is 5. The molecule has 0 amide bonds. The van der Waals surface area contributed by atoms with Gasteiger partial charge in [-0.25, -0.2) is 9.59 Å². The van der Waals surface area contributed by atoms with Crippen LogP contribution >= 0.6 is 0 Å². The molecule has 2 rings (SSSR count). The molecule has 1 atom stereocenters. The Bertz CT molecular complexity index is 964. The van der Waals surface area contributed by atoms with Gasteiger partial charge in [0.25, 0.3) is 0 Å². The van der Waals surface area contributed by atoms with Crippen LogP contribution in [-0.4, -0.2) is 27.8 Å². The van der Waals surface area contributed by atoms with Gasteiger partial charge in [0.05, 0.1) is 5.56 Å². The van der Waals surface area contributed by atoms with Crippen LogP contribution in [0.3, 0.4) is 0 Å². The van der Waals surface area contributed by atoms with Crippen molar-refractivity contribution < 1.29 is 24.5 Å². The van der Waals surface area contributed by atoms with Gasteiger partial charge in [-0.15, -0.1) is 0 Å². The third kappa shape index (κ3) is 7.88. The Balaban J connectivity index is 1.79. The zero-order valence-electron chi connectivity index (χ0n) is 19.5. The molecule has 0 saturated heterocycles. The molecule has 0 unspecified atom stereocenters. The highest BCUT2D eigenvalue weighted by Crippen LogP contribution is 2.34. The summed E-state index contributed by atoms with van der Waals surface area (Å²) in [5.74, 6) is -1.08. The van der Waals surface area contributed by atoms with E-state index in [9.17, 15) is 9.59 Å². The van der Waals surface area contributed by atoms with Gasteiger partial charge in [0.2, 0.25) is 0 Å². The van der Waals surface area contributed by atoms with Gasteiger partial charge in [-0.05, 0) is 90.5 Å². The molecule has 0 aromatic heterocycles. The van der Waals surface area contributed by atoms with Crippen LogP contribution in [-0.2, 0) is 4.79 Å². The summed E-state index contributed by atoms with van der Waals surface area (Å²) in [4.78, 5) is 21.9. The molecule has 1 aromatic carbocycles. The minimum absolute atomic E-state index is 0.260. The molecule has 0 aliphatic carbocycles. The summed E-state index contributed by atoms with van der Waals surface area (Å²) in [5.41, 5.74) is 3.67. The molecule has 1 aromatic rings. The molecule has 1 aliphatic rings. The second-order valence-electron chi connectivity index (χ2n) is 8.72. The monoisotopic (exact) mass is 438 g/mol. The summed E-state index contributed by atoms with van der Waals surface area (Å²) in [6.45, 7) is 7.91. The number of hydrogen-bond donors (Lipinski definition) is 2. The Kier molecular flexibility index (Phi) is 9.06. The topological polar surface area (TPSA) is 83.8 Å². The van der Waals surface area contributed by atoms with Crippen LogP contribution in [0.1, 0.15) is 82.1 Å². The fourth-order valence-electron chi connectivity index (χ4n) is 3.55. The van der Waals surface area contributed by atoms with Crippen molar-refractivity contribution in [3.05, 3.63) is 70.3 Å². The lowest BCUT2D eigenvalue weighted by molar-refractivity contribution is -0.132. The second kappa shape index (κ2) is 11.5. The van der Waals surface area contributed by atoms with Crippen LogP contribution < -0.4 is 4.74 Å². The highest BCUT2D eigenvalue weighted by atomic mass is 16.5. The molecule has 0 radical (unpaired) electrons. The Morgan fingerprint density at radius 3 is 2.22 bits per heavy atom. The molecule has 1 aliphatic heterocycles. The van der Waals surface area contributed by atoms with E-state index in [2.05, 4.69) is 26.0 Å². The van der Waals surface area contributed by atoms with Gasteiger partial charge in [0, 0.05) is 11.1 Å². The van der Waals surface area contributed by atoms with Crippen LogP contribution in [0.4, 0.5) is 0 Å². The molecule has 0 spiro atoms. The average Bonchev–Trinajstić information content (AvgIpc) is 2.73. The van der Waals surface area contributed by atoms with E-state index >= 15 is 0 Å². The molecule has 1 heterocycles. The fraction of sp³-hybridized carbons (Fsp3) is 0.407. The van der Waals surface area contributed by atoms with Crippen molar-refractivity contribution in [3.8, 4) is 5.75 Å². The van der Waals surface area contributed by atoms with Crippen molar-refractivity contribution in [1.82, 2.24) is 0 Å². The summed E-state index contributed by atoms with van der Waals surface area (Å²) >= 11 is 0. The van der Waals surface area contributed by atoms with Crippen molar-refractivity contribution in [2.24, 2.45) is 0 Å². The first-order chi connectivity index (χ1) is 15.1. The lowest BCUT2D eigenvalue weighted by Gasteiger charge is -2.31. The maximum Gasteiger partial charge on any atom is 0.335 e. The van der Waals surface area contributed by atoms with E-state index in [0.717, 1.165) is 49.8 Å². The van der Waals surface area contributed by atoms with Crippen molar-refractivity contribution >= 4 is 18.0 Å². The zero-order valence-corrected chi connectivity index (χ0v) is 19.5. The third-order valence-corrected chi connectivity index (χ3v) is 5.71. The van der Waals surface area contributed by atoms with E-state index in [1.807, 2.05) is 19.1 Å². The number of fused-ring (bicyclic) bond motifs is 1. The van der Waals surface area contributed by atoms with E-state index < -0.39 is 17.5 Å². The first-order valence-corrected chi connectivity index (χ1v) is 11.1. The van der Waals surface area contributed by atoms with E-state index in [0.29, 0.717) is 5.57 Å². The zero-order chi connectivity index (χ0) is 23.7. The minimum atomic E-state index is -0.940. The average molecular weight is 439 g/mol. The van der Waals surface area contributed by atoms with Crippen LogP contribution in [0.15, 0.2) is 59.2 Å². The van der Waals surface area contributed by atoms with Gasteiger partial charge in [0.1, 0.15) is 11.4 Å². The van der Waals surface area contributed by atoms with Crippen LogP contribution in [0.25, 0.3) is 6.08 Å². The van der Waals surface area contributed by atoms with Crippen molar-refractivity contribution in [2.45, 2.75) is 71.8 Å². The highest BCUT2D eigenvalue weighted by molar-refractivity contribution is 5.89. The normalized spacial score (nSPS) is 18.8. The SMILES string of the molecule is C/C(=C\CC/C(C)=C/CC[C@]1(C)C=Cc2cc(C(=O)O)ccc2O1)CC/C=C(\C)C(=O)O. The molecule has 172 valence electrons. The van der Waals surface area contributed by atoms with Crippen LogP contribution in [0, 0.1) is 0 Å². The number of carboxylic acid groups (broad SMARTS) is 2. The van der Waals surface area contributed by atoms with E-state index in [4.69, 9.17) is 14.9 Å². The van der Waals surface area contributed by atoms with Gasteiger partial charge in [-0.3, -0.25) is 0 Å². The molecule has 5 nitrogen and oxygen atoms in total. The second-order valence-corrected chi connectivity index (χ2v) is 8.72. The van der Waals surface area contributed by atoms with Gasteiger partial charge in [0.15, 0.2) is 0 Å². The summed E-state index contributed by atoms with van der Waals surface area (Å²) in [5, 5.41) is 18.0. The first-order valence-electron chi connectivity index (χ1n) is 11.1. The molecule has 2 N–H and O–H groups in total. The first kappa shape index (κ1) is 25.2. The largest absolute Gasteiger partial charge is 0.483 e.